The van der Waals surface area contributed by atoms with Crippen LogP contribution in [0, 0.1) is 5.92 Å². The predicted molar refractivity (Wildman–Crippen MR) is 168 cm³/mol. The van der Waals surface area contributed by atoms with Crippen LogP contribution in [0.15, 0.2) is 52.9 Å². The number of oxazole rings is 1. The molecule has 2 heterocycles. The molecule has 4 N–H and O–H groups in total. The average molecular weight is 686 g/mol. The Kier molecular flexibility index (Phi) is 10.7. The molecule has 0 bridgehead atoms. The third kappa shape index (κ3) is 8.08. The minimum absolute atomic E-state index is 0.0232. The Morgan fingerprint density at radius 3 is 2.47 bits per heavy atom. The van der Waals surface area contributed by atoms with Crippen LogP contribution in [-0.4, -0.2) is 89.8 Å². The summed E-state index contributed by atoms with van der Waals surface area (Å²) in [6.45, 7) is -1.38. The summed E-state index contributed by atoms with van der Waals surface area (Å²) < 4.78 is 47.2. The molecule has 16 heteroatoms. The van der Waals surface area contributed by atoms with Gasteiger partial charge in [0.15, 0.2) is 29.0 Å². The van der Waals surface area contributed by atoms with Gasteiger partial charge < -0.3 is 44.6 Å². The Bertz CT molecular complexity index is 1680. The number of nitrogens with one attached hydrogen (secondary N) is 1. The Morgan fingerprint density at radius 2 is 1.86 bits per heavy atom. The Balaban J connectivity index is 1.48. The number of likely N-dealkylation sites (N-methyl/N-ethyl adjacent to an activating group) is 1. The molecule has 2 fully saturated rings. The number of carboxylic acid groups (broad SMARTS) is 1. The van der Waals surface area contributed by atoms with Gasteiger partial charge in [0.05, 0.1) is 25.8 Å². The normalized spacial score (nSPS) is 18.5. The number of hydrogen-bond donors (Lipinski definition) is 3. The van der Waals surface area contributed by atoms with E-state index in [-0.39, 0.29) is 47.4 Å². The van der Waals surface area contributed by atoms with E-state index in [1.165, 1.54) is 37.3 Å². The van der Waals surface area contributed by atoms with Crippen molar-refractivity contribution in [1.29, 1.82) is 0 Å². The standard InChI is InChI=1S/C33H37F2N5O9/c1-17(36)27-25(38-28(49-27)20-11-12-23(48-32(34)35)24(13-20)47-16-18-9-10-18)30(42)40-15-21(37-33(45)46-3)14-22(40)29(41)39(2)26(31(43)44)19-7-5-4-6-8-19/h4-8,11-13,17-18,21-22,26,32H,9-10,14-16,36H2,1-3H3,(H,37,45)(H,43,44)/t17-,21+,22-,26-/m0/s1. The molecule has 0 unspecified atom stereocenters. The fraction of sp³-hybridized carbons (Fsp3) is 0.424. The highest BCUT2D eigenvalue weighted by Crippen LogP contribution is 2.38. The molecule has 1 saturated heterocycles. The minimum Gasteiger partial charge on any atom is -0.489 e. The zero-order valence-electron chi connectivity index (χ0n) is 27.0. The van der Waals surface area contributed by atoms with Gasteiger partial charge in [-0.3, -0.25) is 9.59 Å². The van der Waals surface area contributed by atoms with Gasteiger partial charge in [-0.2, -0.15) is 8.78 Å². The van der Waals surface area contributed by atoms with Crippen LogP contribution < -0.4 is 20.5 Å². The van der Waals surface area contributed by atoms with Crippen molar-refractivity contribution in [3.63, 3.8) is 0 Å². The highest BCUT2D eigenvalue weighted by Gasteiger charge is 2.45. The van der Waals surface area contributed by atoms with Crippen LogP contribution in [0.1, 0.15) is 60.1 Å². The molecule has 49 heavy (non-hydrogen) atoms. The number of hydrogen-bond acceptors (Lipinski definition) is 10. The van der Waals surface area contributed by atoms with E-state index in [1.54, 1.807) is 37.3 Å². The van der Waals surface area contributed by atoms with E-state index in [4.69, 9.17) is 19.6 Å². The molecule has 4 atom stereocenters. The Hall–Kier alpha value is -5.25. The van der Waals surface area contributed by atoms with Gasteiger partial charge in [-0.1, -0.05) is 30.3 Å². The Labute approximate surface area is 280 Å². The maximum absolute atomic E-state index is 14.2. The highest BCUT2D eigenvalue weighted by molar-refractivity contribution is 5.98. The number of nitrogens with zero attached hydrogens (tertiary/aromatic N) is 3. The first kappa shape index (κ1) is 35.1. The van der Waals surface area contributed by atoms with E-state index >= 15 is 0 Å². The monoisotopic (exact) mass is 685 g/mol. The third-order valence-electron chi connectivity index (χ3n) is 8.29. The van der Waals surface area contributed by atoms with Crippen molar-refractivity contribution >= 4 is 23.9 Å². The molecule has 3 aromatic rings. The van der Waals surface area contributed by atoms with Crippen LogP contribution in [-0.2, 0) is 14.3 Å². The molecule has 1 aliphatic heterocycles. The van der Waals surface area contributed by atoms with Crippen LogP contribution in [0.4, 0.5) is 13.6 Å². The van der Waals surface area contributed by atoms with Crippen LogP contribution in [0.3, 0.4) is 0 Å². The number of carbonyl (C=O) groups is 4. The van der Waals surface area contributed by atoms with E-state index in [0.717, 1.165) is 17.7 Å². The van der Waals surface area contributed by atoms with Gasteiger partial charge in [-0.25, -0.2) is 14.6 Å². The lowest BCUT2D eigenvalue weighted by atomic mass is 10.0. The van der Waals surface area contributed by atoms with Gasteiger partial charge in [0.25, 0.3) is 5.91 Å². The van der Waals surface area contributed by atoms with Crippen molar-refractivity contribution in [3.05, 3.63) is 65.5 Å². The quantitative estimate of drug-likeness (QED) is 0.236. The number of ether oxygens (including phenoxy) is 3. The second-order valence-corrected chi connectivity index (χ2v) is 12.0. The van der Waals surface area contributed by atoms with Gasteiger partial charge in [0.1, 0.15) is 6.04 Å². The molecular formula is C33H37F2N5O9. The zero-order chi connectivity index (χ0) is 35.4. The number of carbonyl (C=O) groups excluding carboxylic acids is 3. The molecule has 0 radical (unpaired) electrons. The van der Waals surface area contributed by atoms with Gasteiger partial charge in [-0.05, 0) is 55.9 Å². The molecule has 262 valence electrons. The number of carboxylic acids is 1. The topological polar surface area (TPSA) is 187 Å². The number of methoxy groups -OCH3 is 1. The molecule has 5 rings (SSSR count). The first-order chi connectivity index (χ1) is 23.4. The molecule has 14 nitrogen and oxygen atoms in total. The smallest absolute Gasteiger partial charge is 0.407 e. The van der Waals surface area contributed by atoms with Crippen LogP contribution in [0.2, 0.25) is 0 Å². The molecule has 2 aliphatic rings. The fourth-order valence-electron chi connectivity index (χ4n) is 5.65. The number of rotatable bonds is 13. The number of likely N-dealkylation sites (tertiary alicyclic amines) is 1. The van der Waals surface area contributed by atoms with Crippen molar-refractivity contribution in [2.75, 3.05) is 27.3 Å². The van der Waals surface area contributed by atoms with E-state index in [0.29, 0.717) is 18.1 Å². The third-order valence-corrected chi connectivity index (χ3v) is 8.29. The van der Waals surface area contributed by atoms with Gasteiger partial charge >= 0.3 is 18.7 Å². The minimum atomic E-state index is -3.09. The second-order valence-electron chi connectivity index (χ2n) is 12.0. The van der Waals surface area contributed by atoms with Gasteiger partial charge in [0.2, 0.25) is 11.8 Å². The first-order valence-corrected chi connectivity index (χ1v) is 15.6. The van der Waals surface area contributed by atoms with E-state index in [2.05, 4.69) is 15.0 Å². The molecule has 2 aromatic carbocycles. The number of aliphatic carboxylic acids is 1. The Morgan fingerprint density at radius 1 is 1.14 bits per heavy atom. The van der Waals surface area contributed by atoms with Crippen molar-refractivity contribution in [3.8, 4) is 23.0 Å². The summed E-state index contributed by atoms with van der Waals surface area (Å²) in [5, 5.41) is 12.7. The number of nitrogens with two attached hydrogens (primary N) is 1. The summed E-state index contributed by atoms with van der Waals surface area (Å²) in [5.41, 5.74) is 6.58. The van der Waals surface area contributed by atoms with E-state index in [9.17, 15) is 33.1 Å². The summed E-state index contributed by atoms with van der Waals surface area (Å²) >= 11 is 0. The van der Waals surface area contributed by atoms with Crippen molar-refractivity contribution < 1.29 is 51.7 Å². The first-order valence-electron chi connectivity index (χ1n) is 15.6. The number of benzene rings is 2. The molecule has 1 aromatic heterocycles. The number of alkyl carbamates (subject to hydrolysis) is 1. The average Bonchev–Trinajstić information content (AvgIpc) is 3.63. The summed E-state index contributed by atoms with van der Waals surface area (Å²) in [7, 11) is 2.49. The van der Waals surface area contributed by atoms with Gasteiger partial charge in [-0.15, -0.1) is 0 Å². The summed E-state index contributed by atoms with van der Waals surface area (Å²) in [6.07, 6.45) is 1.08. The lowest BCUT2D eigenvalue weighted by Crippen LogP contribution is -2.49. The predicted octanol–water partition coefficient (Wildman–Crippen LogP) is 3.97. The summed E-state index contributed by atoms with van der Waals surface area (Å²) in [6, 6.07) is 8.05. The number of aromatic nitrogens is 1. The van der Waals surface area contributed by atoms with E-state index < -0.39 is 54.7 Å². The summed E-state index contributed by atoms with van der Waals surface area (Å²) in [5.74, 6) is -2.68. The van der Waals surface area contributed by atoms with Crippen LogP contribution in [0.25, 0.3) is 11.5 Å². The maximum Gasteiger partial charge on any atom is 0.407 e. The second kappa shape index (κ2) is 14.9. The molecule has 0 spiro atoms. The van der Waals surface area contributed by atoms with Crippen LogP contribution in [0.5, 0.6) is 11.5 Å². The number of amides is 3. The lowest BCUT2D eigenvalue weighted by molar-refractivity contribution is -0.150. The number of alkyl halides is 2. The highest BCUT2D eigenvalue weighted by atomic mass is 19.3. The summed E-state index contributed by atoms with van der Waals surface area (Å²) in [4.78, 5) is 59.3. The zero-order valence-corrected chi connectivity index (χ0v) is 27.0. The molecular weight excluding hydrogens is 648 g/mol. The van der Waals surface area contributed by atoms with Crippen molar-refractivity contribution in [2.24, 2.45) is 11.7 Å². The largest absolute Gasteiger partial charge is 0.489 e. The number of halogens is 2. The van der Waals surface area contributed by atoms with Crippen molar-refractivity contribution in [1.82, 2.24) is 20.1 Å². The fourth-order valence-corrected chi connectivity index (χ4v) is 5.65. The molecule has 1 aliphatic carbocycles. The lowest BCUT2D eigenvalue weighted by Gasteiger charge is -2.31. The van der Waals surface area contributed by atoms with Gasteiger partial charge in [0, 0.05) is 19.2 Å². The molecule has 3 amide bonds. The SMILES string of the molecule is COC(=O)N[C@@H]1C[C@@H](C(=O)N(C)[C@H](C(=O)O)c2ccccc2)N(C(=O)c2nc(-c3ccc(OC(F)F)c(OCC4CC4)c3)oc2[C@H](C)N)C1. The molecule has 1 saturated carbocycles. The van der Waals surface area contributed by atoms with E-state index in [1.807, 2.05) is 0 Å². The maximum atomic E-state index is 14.2. The van der Waals surface area contributed by atoms with Crippen LogP contribution >= 0.6 is 0 Å². The van der Waals surface area contributed by atoms with Crippen molar-refractivity contribution in [2.45, 2.75) is 57.0 Å².